The normalized spacial score (nSPS) is 10.5. The lowest BCUT2D eigenvalue weighted by Crippen LogP contribution is -2.26. The molecule has 2 aromatic rings. The van der Waals surface area contributed by atoms with Crippen molar-refractivity contribution in [1.29, 1.82) is 0 Å². The van der Waals surface area contributed by atoms with Crippen LogP contribution in [0.25, 0.3) is 0 Å². The highest BCUT2D eigenvalue weighted by molar-refractivity contribution is 5.94. The summed E-state index contributed by atoms with van der Waals surface area (Å²) in [4.78, 5) is 13.6. The van der Waals surface area contributed by atoms with E-state index in [1.54, 1.807) is 7.05 Å². The third-order valence-corrected chi connectivity index (χ3v) is 3.13. The summed E-state index contributed by atoms with van der Waals surface area (Å²) >= 11 is 0. The van der Waals surface area contributed by atoms with Gasteiger partial charge in [-0.15, -0.1) is 0 Å². The summed E-state index contributed by atoms with van der Waals surface area (Å²) in [6.45, 7) is 0.805. The maximum atomic E-state index is 13.1. The minimum Gasteiger partial charge on any atom is -0.337 e. The number of benzene rings is 2. The van der Waals surface area contributed by atoms with Crippen molar-refractivity contribution < 1.29 is 13.6 Å². The van der Waals surface area contributed by atoms with Crippen LogP contribution in [0.4, 0.5) is 8.78 Å². The third kappa shape index (κ3) is 3.86. The lowest BCUT2D eigenvalue weighted by Gasteiger charge is -2.17. The average Bonchev–Trinajstić information content (AvgIpc) is 2.46. The molecule has 0 aliphatic rings. The van der Waals surface area contributed by atoms with Crippen LogP contribution in [0.2, 0.25) is 0 Å². The van der Waals surface area contributed by atoms with Gasteiger partial charge in [0.25, 0.3) is 5.91 Å². The smallest absolute Gasteiger partial charge is 0.254 e. The zero-order valence-electron chi connectivity index (χ0n) is 11.6. The van der Waals surface area contributed by atoms with Crippen LogP contribution >= 0.6 is 0 Å². The molecule has 5 heteroatoms. The molecule has 1 amide bonds. The van der Waals surface area contributed by atoms with Crippen molar-refractivity contribution in [3.8, 4) is 0 Å². The first kappa shape index (κ1) is 15.1. The summed E-state index contributed by atoms with van der Waals surface area (Å²) in [5.41, 5.74) is 7.43. The quantitative estimate of drug-likeness (QED) is 0.941. The van der Waals surface area contributed by atoms with Crippen LogP contribution in [0.1, 0.15) is 21.5 Å². The Labute approximate surface area is 122 Å². The Balaban J connectivity index is 2.11. The van der Waals surface area contributed by atoms with Crippen LogP contribution < -0.4 is 5.73 Å². The van der Waals surface area contributed by atoms with E-state index >= 15 is 0 Å². The second-order valence-electron chi connectivity index (χ2n) is 4.84. The van der Waals surface area contributed by atoms with E-state index in [1.807, 2.05) is 24.3 Å². The van der Waals surface area contributed by atoms with Crippen molar-refractivity contribution in [1.82, 2.24) is 4.90 Å². The van der Waals surface area contributed by atoms with Crippen LogP contribution in [-0.4, -0.2) is 17.9 Å². The fraction of sp³-hybridized carbons (Fsp3) is 0.188. The molecule has 0 spiro atoms. The minimum absolute atomic E-state index is 0.00595. The number of nitrogens with zero attached hydrogens (tertiary/aromatic N) is 1. The van der Waals surface area contributed by atoms with Gasteiger partial charge in [0, 0.05) is 31.8 Å². The highest BCUT2D eigenvalue weighted by Crippen LogP contribution is 2.12. The van der Waals surface area contributed by atoms with Gasteiger partial charge in [-0.1, -0.05) is 24.3 Å². The van der Waals surface area contributed by atoms with E-state index in [1.165, 1.54) is 4.90 Å². The summed E-state index contributed by atoms with van der Waals surface area (Å²) in [6.07, 6.45) is 0. The summed E-state index contributed by atoms with van der Waals surface area (Å²) in [5.74, 6) is -1.96. The number of carbonyl (C=O) groups is 1. The van der Waals surface area contributed by atoms with Crippen molar-refractivity contribution >= 4 is 5.91 Å². The first-order chi connectivity index (χ1) is 9.99. The van der Waals surface area contributed by atoms with E-state index in [4.69, 9.17) is 5.73 Å². The Bertz CT molecular complexity index is 621. The molecule has 0 aromatic heterocycles. The summed E-state index contributed by atoms with van der Waals surface area (Å²) in [6, 6.07) is 10.3. The molecule has 2 aromatic carbocycles. The van der Waals surface area contributed by atoms with Crippen molar-refractivity contribution in [2.45, 2.75) is 13.1 Å². The van der Waals surface area contributed by atoms with E-state index in [2.05, 4.69) is 0 Å². The zero-order chi connectivity index (χ0) is 15.4. The SMILES string of the molecule is CN(Cc1ccc(CN)cc1)C(=O)c1cc(F)cc(F)c1. The minimum atomic E-state index is -0.765. The van der Waals surface area contributed by atoms with Crippen LogP contribution in [0, 0.1) is 11.6 Å². The number of hydrogen-bond donors (Lipinski definition) is 1. The van der Waals surface area contributed by atoms with Gasteiger partial charge < -0.3 is 10.6 Å². The molecule has 2 N–H and O–H groups in total. The summed E-state index contributed by atoms with van der Waals surface area (Å²) in [5, 5.41) is 0. The van der Waals surface area contributed by atoms with Gasteiger partial charge in [-0.2, -0.15) is 0 Å². The summed E-state index contributed by atoms with van der Waals surface area (Å²) < 4.78 is 26.3. The molecule has 0 fully saturated rings. The van der Waals surface area contributed by atoms with Crippen LogP contribution in [0.15, 0.2) is 42.5 Å². The zero-order valence-corrected chi connectivity index (χ0v) is 11.6. The van der Waals surface area contributed by atoms with E-state index in [9.17, 15) is 13.6 Å². The Hall–Kier alpha value is -2.27. The fourth-order valence-electron chi connectivity index (χ4n) is 2.02. The number of rotatable bonds is 4. The lowest BCUT2D eigenvalue weighted by molar-refractivity contribution is 0.0784. The molecule has 0 bridgehead atoms. The van der Waals surface area contributed by atoms with E-state index in [-0.39, 0.29) is 5.56 Å². The van der Waals surface area contributed by atoms with Crippen molar-refractivity contribution in [3.05, 3.63) is 70.8 Å². The second kappa shape index (κ2) is 6.45. The first-order valence-electron chi connectivity index (χ1n) is 6.49. The Morgan fingerprint density at radius 3 is 2.10 bits per heavy atom. The molecule has 3 nitrogen and oxygen atoms in total. The number of nitrogens with two attached hydrogens (primary N) is 1. The Kier molecular flexibility index (Phi) is 4.65. The van der Waals surface area contributed by atoms with E-state index in [0.29, 0.717) is 13.1 Å². The lowest BCUT2D eigenvalue weighted by atomic mass is 10.1. The molecule has 0 atom stereocenters. The Morgan fingerprint density at radius 1 is 1.05 bits per heavy atom. The standard InChI is InChI=1S/C16H16F2N2O/c1-20(10-12-4-2-11(9-19)3-5-12)16(21)13-6-14(17)8-15(18)7-13/h2-8H,9-10,19H2,1H3. The maximum absolute atomic E-state index is 13.1. The molecule has 21 heavy (non-hydrogen) atoms. The van der Waals surface area contributed by atoms with Gasteiger partial charge in [0.15, 0.2) is 0 Å². The van der Waals surface area contributed by atoms with Crippen LogP contribution in [0.3, 0.4) is 0 Å². The molecule has 0 saturated heterocycles. The summed E-state index contributed by atoms with van der Waals surface area (Å²) in [7, 11) is 1.59. The molecule has 0 aliphatic carbocycles. The molecule has 0 saturated carbocycles. The highest BCUT2D eigenvalue weighted by atomic mass is 19.1. The largest absolute Gasteiger partial charge is 0.337 e. The van der Waals surface area contributed by atoms with Gasteiger partial charge in [-0.05, 0) is 23.3 Å². The Morgan fingerprint density at radius 2 is 1.57 bits per heavy atom. The molecule has 0 aliphatic heterocycles. The van der Waals surface area contributed by atoms with E-state index in [0.717, 1.165) is 29.3 Å². The van der Waals surface area contributed by atoms with Gasteiger partial charge in [0.05, 0.1) is 0 Å². The van der Waals surface area contributed by atoms with Crippen LogP contribution in [-0.2, 0) is 13.1 Å². The van der Waals surface area contributed by atoms with Gasteiger partial charge in [0.1, 0.15) is 11.6 Å². The van der Waals surface area contributed by atoms with Crippen LogP contribution in [0.5, 0.6) is 0 Å². The maximum Gasteiger partial charge on any atom is 0.254 e. The molecular weight excluding hydrogens is 274 g/mol. The van der Waals surface area contributed by atoms with Crippen molar-refractivity contribution in [2.24, 2.45) is 5.73 Å². The van der Waals surface area contributed by atoms with Gasteiger partial charge in [0.2, 0.25) is 0 Å². The number of halogens is 2. The molecule has 2 rings (SSSR count). The van der Waals surface area contributed by atoms with E-state index < -0.39 is 17.5 Å². The molecule has 0 unspecified atom stereocenters. The molecule has 110 valence electrons. The van der Waals surface area contributed by atoms with Crippen molar-refractivity contribution in [2.75, 3.05) is 7.05 Å². The first-order valence-corrected chi connectivity index (χ1v) is 6.49. The predicted molar refractivity (Wildman–Crippen MR) is 76.5 cm³/mol. The highest BCUT2D eigenvalue weighted by Gasteiger charge is 2.14. The second-order valence-corrected chi connectivity index (χ2v) is 4.84. The third-order valence-electron chi connectivity index (χ3n) is 3.13. The number of hydrogen-bond acceptors (Lipinski definition) is 2. The van der Waals surface area contributed by atoms with Gasteiger partial charge >= 0.3 is 0 Å². The molecule has 0 heterocycles. The topological polar surface area (TPSA) is 46.3 Å². The fourth-order valence-corrected chi connectivity index (χ4v) is 2.02. The monoisotopic (exact) mass is 290 g/mol. The number of amides is 1. The van der Waals surface area contributed by atoms with Crippen molar-refractivity contribution in [3.63, 3.8) is 0 Å². The number of carbonyl (C=O) groups excluding carboxylic acids is 1. The van der Waals surface area contributed by atoms with Gasteiger partial charge in [-0.3, -0.25) is 4.79 Å². The average molecular weight is 290 g/mol. The van der Waals surface area contributed by atoms with Gasteiger partial charge in [-0.25, -0.2) is 8.78 Å². The predicted octanol–water partition coefficient (Wildman–Crippen LogP) is 2.70. The molecular formula is C16H16F2N2O. The molecule has 0 radical (unpaired) electrons.